The largest absolute Gasteiger partial charge is 0.465 e. The van der Waals surface area contributed by atoms with Crippen molar-refractivity contribution in [2.24, 2.45) is 0 Å². The van der Waals surface area contributed by atoms with Crippen LogP contribution < -0.4 is 0 Å². The number of benzene rings is 1. The summed E-state index contributed by atoms with van der Waals surface area (Å²) in [5.74, 6) is 0. The fourth-order valence-electron chi connectivity index (χ4n) is 2.65. The van der Waals surface area contributed by atoms with Gasteiger partial charge in [0.25, 0.3) is 0 Å². The number of carboxylic acid groups (broad SMARTS) is 1. The molecule has 1 aromatic rings. The number of likely N-dealkylation sites (tertiary alicyclic amines) is 1. The number of ether oxygens (including phenoxy) is 1. The lowest BCUT2D eigenvalue weighted by Crippen LogP contribution is -2.45. The number of hydrogen-bond acceptors (Lipinski definition) is 2. The zero-order valence-corrected chi connectivity index (χ0v) is 11.5. The Bertz CT molecular complexity index is 522. The van der Waals surface area contributed by atoms with Crippen LogP contribution in [0.5, 0.6) is 0 Å². The van der Waals surface area contributed by atoms with E-state index in [9.17, 15) is 18.0 Å². The van der Waals surface area contributed by atoms with Crippen molar-refractivity contribution in [1.82, 2.24) is 4.90 Å². The van der Waals surface area contributed by atoms with Crippen LogP contribution in [0.4, 0.5) is 18.0 Å². The van der Waals surface area contributed by atoms with Crippen LogP contribution in [0.3, 0.4) is 0 Å². The van der Waals surface area contributed by atoms with Crippen LogP contribution in [-0.2, 0) is 16.5 Å². The molecule has 0 bridgehead atoms. The molecule has 1 N–H and O–H groups in total. The van der Waals surface area contributed by atoms with E-state index in [0.717, 1.165) is 12.1 Å². The maximum atomic E-state index is 12.8. The lowest BCUT2D eigenvalue weighted by molar-refractivity contribution is -0.137. The molecule has 21 heavy (non-hydrogen) atoms. The lowest BCUT2D eigenvalue weighted by atomic mass is 9.83. The fourth-order valence-corrected chi connectivity index (χ4v) is 2.65. The van der Waals surface area contributed by atoms with Crippen molar-refractivity contribution < 1.29 is 27.8 Å². The molecule has 0 unspecified atom stereocenters. The fraction of sp³-hybridized carbons (Fsp3) is 0.500. The van der Waals surface area contributed by atoms with Gasteiger partial charge in [0.1, 0.15) is 0 Å². The molecule has 2 rings (SSSR count). The molecule has 1 aliphatic heterocycles. The monoisotopic (exact) mass is 303 g/mol. The number of hydrogen-bond donors (Lipinski definition) is 1. The SMILES string of the molecule is COC1(c2cccc(C(F)(F)F)c2)CCN(C(=O)O)CC1. The van der Waals surface area contributed by atoms with Gasteiger partial charge in [-0.05, 0) is 30.5 Å². The second kappa shape index (κ2) is 5.55. The molecule has 0 radical (unpaired) electrons. The normalized spacial score (nSPS) is 18.6. The van der Waals surface area contributed by atoms with Crippen molar-refractivity contribution in [3.63, 3.8) is 0 Å². The number of nitrogens with zero attached hydrogens (tertiary/aromatic N) is 1. The average Bonchev–Trinajstić information content (AvgIpc) is 2.46. The molecule has 0 spiro atoms. The standard InChI is InChI=1S/C14H16F3NO3/c1-21-13(5-7-18(8-6-13)12(19)20)10-3-2-4-11(9-10)14(15,16)17/h2-4,9H,5-8H2,1H3,(H,19,20). The van der Waals surface area contributed by atoms with E-state index in [4.69, 9.17) is 9.84 Å². The minimum Gasteiger partial charge on any atom is -0.465 e. The molecule has 0 saturated carbocycles. The molecule has 1 amide bonds. The third-order valence-corrected chi connectivity index (χ3v) is 3.95. The molecule has 0 atom stereocenters. The summed E-state index contributed by atoms with van der Waals surface area (Å²) in [6.45, 7) is 0.471. The van der Waals surface area contributed by atoms with Gasteiger partial charge in [0.15, 0.2) is 0 Å². The first-order valence-electron chi connectivity index (χ1n) is 6.49. The van der Waals surface area contributed by atoms with Gasteiger partial charge in [-0.3, -0.25) is 0 Å². The van der Waals surface area contributed by atoms with Crippen molar-refractivity contribution >= 4 is 6.09 Å². The van der Waals surface area contributed by atoms with Gasteiger partial charge in [-0.15, -0.1) is 0 Å². The second-order valence-corrected chi connectivity index (χ2v) is 5.05. The molecule has 1 heterocycles. The maximum absolute atomic E-state index is 12.8. The van der Waals surface area contributed by atoms with Gasteiger partial charge in [-0.1, -0.05) is 12.1 Å². The Morgan fingerprint density at radius 1 is 1.33 bits per heavy atom. The summed E-state index contributed by atoms with van der Waals surface area (Å²) in [7, 11) is 1.44. The molecular formula is C14H16F3NO3. The Morgan fingerprint density at radius 2 is 1.95 bits per heavy atom. The van der Waals surface area contributed by atoms with Crippen LogP contribution in [0.1, 0.15) is 24.0 Å². The maximum Gasteiger partial charge on any atom is 0.416 e. The quantitative estimate of drug-likeness (QED) is 0.912. The molecule has 1 saturated heterocycles. The van der Waals surface area contributed by atoms with E-state index in [1.165, 1.54) is 18.1 Å². The highest BCUT2D eigenvalue weighted by atomic mass is 19.4. The first-order chi connectivity index (χ1) is 9.78. The van der Waals surface area contributed by atoms with Crippen LogP contribution in [0, 0.1) is 0 Å². The lowest BCUT2D eigenvalue weighted by Gasteiger charge is -2.40. The second-order valence-electron chi connectivity index (χ2n) is 5.05. The molecule has 0 aliphatic carbocycles. The summed E-state index contributed by atoms with van der Waals surface area (Å²) in [6.07, 6.45) is -4.77. The summed E-state index contributed by atoms with van der Waals surface area (Å²) >= 11 is 0. The van der Waals surface area contributed by atoms with E-state index in [1.807, 2.05) is 0 Å². The number of rotatable bonds is 2. The molecule has 7 heteroatoms. The minimum atomic E-state index is -4.41. The van der Waals surface area contributed by atoms with Crippen molar-refractivity contribution in [3.05, 3.63) is 35.4 Å². The number of methoxy groups -OCH3 is 1. The Kier molecular flexibility index (Phi) is 4.13. The summed E-state index contributed by atoms with van der Waals surface area (Å²) < 4.78 is 43.9. The average molecular weight is 303 g/mol. The zero-order valence-electron chi connectivity index (χ0n) is 11.5. The molecular weight excluding hydrogens is 287 g/mol. The summed E-state index contributed by atoms with van der Waals surface area (Å²) in [6, 6.07) is 5.04. The predicted octanol–water partition coefficient (Wildman–Crippen LogP) is 3.32. The number of alkyl halides is 3. The van der Waals surface area contributed by atoms with Crippen LogP contribution in [0.2, 0.25) is 0 Å². The highest BCUT2D eigenvalue weighted by Gasteiger charge is 2.39. The molecule has 1 fully saturated rings. The molecule has 116 valence electrons. The van der Waals surface area contributed by atoms with E-state index < -0.39 is 23.4 Å². The van der Waals surface area contributed by atoms with Gasteiger partial charge >= 0.3 is 12.3 Å². The van der Waals surface area contributed by atoms with E-state index in [2.05, 4.69) is 0 Å². The number of carbonyl (C=O) groups is 1. The smallest absolute Gasteiger partial charge is 0.416 e. The zero-order chi connectivity index (χ0) is 15.7. The number of halogens is 3. The van der Waals surface area contributed by atoms with E-state index >= 15 is 0 Å². The van der Waals surface area contributed by atoms with Crippen LogP contribution >= 0.6 is 0 Å². The summed E-state index contributed by atoms with van der Waals surface area (Å²) in [4.78, 5) is 12.2. The first kappa shape index (κ1) is 15.6. The van der Waals surface area contributed by atoms with Crippen LogP contribution in [0.25, 0.3) is 0 Å². The van der Waals surface area contributed by atoms with E-state index in [0.29, 0.717) is 18.4 Å². The highest BCUT2D eigenvalue weighted by Crippen LogP contribution is 2.39. The third-order valence-electron chi connectivity index (χ3n) is 3.95. The minimum absolute atomic E-state index is 0.236. The van der Waals surface area contributed by atoms with Gasteiger partial charge in [0.05, 0.1) is 11.2 Å². The topological polar surface area (TPSA) is 49.8 Å². The van der Waals surface area contributed by atoms with Gasteiger partial charge in [-0.2, -0.15) is 13.2 Å². The van der Waals surface area contributed by atoms with Gasteiger partial charge < -0.3 is 14.7 Å². The molecule has 4 nitrogen and oxygen atoms in total. The van der Waals surface area contributed by atoms with E-state index in [1.54, 1.807) is 6.07 Å². The van der Waals surface area contributed by atoms with Gasteiger partial charge in [0, 0.05) is 20.2 Å². The molecule has 1 aliphatic rings. The highest BCUT2D eigenvalue weighted by molar-refractivity contribution is 5.65. The summed E-state index contributed by atoms with van der Waals surface area (Å²) in [5.41, 5.74) is -1.16. The Balaban J connectivity index is 2.28. The third kappa shape index (κ3) is 3.12. The van der Waals surface area contributed by atoms with Crippen molar-refractivity contribution in [3.8, 4) is 0 Å². The van der Waals surface area contributed by atoms with Crippen LogP contribution in [0.15, 0.2) is 24.3 Å². The Labute approximate surface area is 120 Å². The molecule has 1 aromatic carbocycles. The molecule has 0 aromatic heterocycles. The number of piperidine rings is 1. The Hall–Kier alpha value is -1.76. The predicted molar refractivity (Wildman–Crippen MR) is 69.0 cm³/mol. The van der Waals surface area contributed by atoms with Crippen molar-refractivity contribution in [2.45, 2.75) is 24.6 Å². The van der Waals surface area contributed by atoms with Crippen LogP contribution in [-0.4, -0.2) is 36.3 Å². The van der Waals surface area contributed by atoms with Gasteiger partial charge in [0.2, 0.25) is 0 Å². The number of amides is 1. The van der Waals surface area contributed by atoms with E-state index in [-0.39, 0.29) is 13.1 Å². The summed E-state index contributed by atoms with van der Waals surface area (Å²) in [5, 5.41) is 8.94. The van der Waals surface area contributed by atoms with Crippen molar-refractivity contribution in [1.29, 1.82) is 0 Å². The van der Waals surface area contributed by atoms with Gasteiger partial charge in [-0.25, -0.2) is 4.79 Å². The first-order valence-corrected chi connectivity index (χ1v) is 6.49. The van der Waals surface area contributed by atoms with Crippen molar-refractivity contribution in [2.75, 3.05) is 20.2 Å². The Morgan fingerprint density at radius 3 is 2.43 bits per heavy atom.